The number of ether oxygens (including phenoxy) is 2. The van der Waals surface area contributed by atoms with Gasteiger partial charge in [0, 0.05) is 6.42 Å². The largest absolute Gasteiger partial charge is 0.486 e. The van der Waals surface area contributed by atoms with E-state index in [9.17, 15) is 10.1 Å². The number of nitrogens with zero attached hydrogens (tertiary/aromatic N) is 1. The number of hydrogen-bond acceptors (Lipinski definition) is 5. The first-order chi connectivity index (χ1) is 10.0. The van der Waals surface area contributed by atoms with Crippen LogP contribution in [0.1, 0.15) is 27.2 Å². The molecule has 1 heterocycles. The second-order valence-corrected chi connectivity index (χ2v) is 3.89. The Labute approximate surface area is 125 Å². The van der Waals surface area contributed by atoms with Gasteiger partial charge in [0.15, 0.2) is 17.6 Å². The Morgan fingerprint density at radius 1 is 1.57 bits per heavy atom. The summed E-state index contributed by atoms with van der Waals surface area (Å²) < 4.78 is 11.0. The highest BCUT2D eigenvalue weighted by Gasteiger charge is 2.29. The molecule has 0 spiro atoms. The smallest absolute Gasteiger partial charge is 0.269 e. The van der Waals surface area contributed by atoms with Crippen LogP contribution in [-0.2, 0) is 9.47 Å². The normalized spacial score (nSPS) is 21.3. The average molecular weight is 297 g/mol. The Hall–Kier alpha value is -2.08. The van der Waals surface area contributed by atoms with Crippen molar-refractivity contribution in [3.05, 3.63) is 58.2 Å². The van der Waals surface area contributed by atoms with Crippen LogP contribution in [0.5, 0.6) is 0 Å². The quantitative estimate of drug-likeness (QED) is 0.479. The van der Waals surface area contributed by atoms with E-state index in [2.05, 4.69) is 13.2 Å². The lowest BCUT2D eigenvalue weighted by Gasteiger charge is -2.28. The minimum Gasteiger partial charge on any atom is -0.486 e. The van der Waals surface area contributed by atoms with E-state index in [1.165, 1.54) is 6.08 Å². The molecule has 0 aromatic rings. The van der Waals surface area contributed by atoms with Crippen LogP contribution >= 0.6 is 0 Å². The Morgan fingerprint density at radius 3 is 2.62 bits per heavy atom. The van der Waals surface area contributed by atoms with Gasteiger partial charge in [-0.15, -0.1) is 6.58 Å². The van der Waals surface area contributed by atoms with E-state index in [0.717, 1.165) is 0 Å². The minimum atomic E-state index is -0.578. The number of rotatable bonds is 5. The topological polar surface area (TPSA) is 81.8 Å². The molecule has 1 saturated heterocycles. The Bertz CT molecular complexity index is 451. The first-order valence-electron chi connectivity index (χ1n) is 6.79. The summed E-state index contributed by atoms with van der Waals surface area (Å²) in [6.07, 6.45) is 2.86. The van der Waals surface area contributed by atoms with E-state index < -0.39 is 11.0 Å². The van der Waals surface area contributed by atoms with Crippen LogP contribution in [0, 0.1) is 10.1 Å². The van der Waals surface area contributed by atoms with Crippen molar-refractivity contribution in [2.24, 2.45) is 0 Å². The van der Waals surface area contributed by atoms with Gasteiger partial charge in [0.05, 0.1) is 17.1 Å². The highest BCUT2D eigenvalue weighted by atomic mass is 16.6. The predicted octanol–water partition coefficient (Wildman–Crippen LogP) is 2.94. The molecule has 0 saturated carbocycles. The van der Waals surface area contributed by atoms with E-state index in [1.807, 2.05) is 13.8 Å². The number of hydrogen-bond donors (Lipinski definition) is 1. The maximum absolute atomic E-state index is 10.9. The van der Waals surface area contributed by atoms with Crippen molar-refractivity contribution in [1.82, 2.24) is 0 Å². The molecule has 118 valence electrons. The van der Waals surface area contributed by atoms with Gasteiger partial charge in [-0.05, 0) is 19.6 Å². The second-order valence-electron chi connectivity index (χ2n) is 3.89. The highest BCUT2D eigenvalue weighted by molar-refractivity contribution is 5.37. The molecular weight excluding hydrogens is 274 g/mol. The fourth-order valence-electron chi connectivity index (χ4n) is 1.63. The zero-order chi connectivity index (χ0) is 16.4. The summed E-state index contributed by atoms with van der Waals surface area (Å²) in [7, 11) is 0. The summed E-state index contributed by atoms with van der Waals surface area (Å²) in [6.45, 7) is 12.7. The fraction of sp³-hybridized carbons (Fsp3) is 0.467. The van der Waals surface area contributed by atoms with Crippen LogP contribution in [0.15, 0.2) is 48.1 Å². The summed E-state index contributed by atoms with van der Waals surface area (Å²) in [5.41, 5.74) is 0.0303. The summed E-state index contributed by atoms with van der Waals surface area (Å²) in [5.74, 6) is 0.652. The summed E-state index contributed by atoms with van der Waals surface area (Å²) in [5, 5.41) is 20.0. The molecule has 0 amide bonds. The third kappa shape index (κ3) is 5.07. The van der Waals surface area contributed by atoms with Crippen molar-refractivity contribution in [3.8, 4) is 0 Å². The van der Waals surface area contributed by atoms with Gasteiger partial charge in [0.25, 0.3) is 5.70 Å². The Morgan fingerprint density at radius 2 is 2.19 bits per heavy atom. The summed E-state index contributed by atoms with van der Waals surface area (Å²) >= 11 is 0. The molecule has 6 heteroatoms. The van der Waals surface area contributed by atoms with Crippen molar-refractivity contribution in [3.63, 3.8) is 0 Å². The minimum absolute atomic E-state index is 0.200. The Kier molecular flexibility index (Phi) is 8.80. The van der Waals surface area contributed by atoms with E-state index in [4.69, 9.17) is 14.6 Å². The number of aliphatic hydroxyl groups excluding tert-OH is 1. The lowest BCUT2D eigenvalue weighted by molar-refractivity contribution is -0.420. The van der Waals surface area contributed by atoms with E-state index >= 15 is 0 Å². The molecular formula is C15H23NO5. The average Bonchev–Trinajstić information content (AvgIpc) is 2.53. The third-order valence-corrected chi connectivity index (χ3v) is 2.59. The molecule has 1 atom stereocenters. The third-order valence-electron chi connectivity index (χ3n) is 2.59. The van der Waals surface area contributed by atoms with Crippen LogP contribution in [0.2, 0.25) is 0 Å². The van der Waals surface area contributed by atoms with Crippen molar-refractivity contribution in [1.29, 1.82) is 0 Å². The van der Waals surface area contributed by atoms with Crippen molar-refractivity contribution in [2.45, 2.75) is 33.3 Å². The SMILES string of the molecule is C=CC/C(C(=C)[N+](=O)[O-])=C1\OC(CO)CO\C1=C\C.CC. The molecule has 0 bridgehead atoms. The van der Waals surface area contributed by atoms with Gasteiger partial charge in [-0.3, -0.25) is 10.1 Å². The molecule has 0 aromatic heterocycles. The first kappa shape index (κ1) is 18.9. The fourth-order valence-corrected chi connectivity index (χ4v) is 1.63. The van der Waals surface area contributed by atoms with Crippen molar-refractivity contribution < 1.29 is 19.5 Å². The van der Waals surface area contributed by atoms with Crippen LogP contribution in [0.3, 0.4) is 0 Å². The second kappa shape index (κ2) is 9.77. The molecule has 0 radical (unpaired) electrons. The molecule has 21 heavy (non-hydrogen) atoms. The maximum atomic E-state index is 10.9. The van der Waals surface area contributed by atoms with Gasteiger partial charge >= 0.3 is 0 Å². The first-order valence-corrected chi connectivity index (χ1v) is 6.79. The number of allylic oxidation sites excluding steroid dienone is 3. The van der Waals surface area contributed by atoms with Crippen LogP contribution in [0.25, 0.3) is 0 Å². The molecule has 1 aliphatic heterocycles. The molecule has 1 aliphatic rings. The van der Waals surface area contributed by atoms with Crippen molar-refractivity contribution in [2.75, 3.05) is 13.2 Å². The molecule has 0 aromatic carbocycles. The molecule has 6 nitrogen and oxygen atoms in total. The van der Waals surface area contributed by atoms with Gasteiger partial charge < -0.3 is 14.6 Å². The maximum Gasteiger partial charge on any atom is 0.269 e. The summed E-state index contributed by atoms with van der Waals surface area (Å²) in [6, 6.07) is 0. The lowest BCUT2D eigenvalue weighted by Crippen LogP contribution is -2.30. The highest BCUT2D eigenvalue weighted by Crippen LogP contribution is 2.30. The van der Waals surface area contributed by atoms with Crippen molar-refractivity contribution >= 4 is 0 Å². The van der Waals surface area contributed by atoms with E-state index in [1.54, 1.807) is 13.0 Å². The Balaban J connectivity index is 0.00000191. The predicted molar refractivity (Wildman–Crippen MR) is 81.0 cm³/mol. The zero-order valence-electron chi connectivity index (χ0n) is 12.8. The summed E-state index contributed by atoms with van der Waals surface area (Å²) in [4.78, 5) is 10.3. The molecule has 1 unspecified atom stereocenters. The van der Waals surface area contributed by atoms with Crippen LogP contribution in [-0.4, -0.2) is 29.3 Å². The molecule has 1 fully saturated rings. The molecule has 1 rings (SSSR count). The lowest BCUT2D eigenvalue weighted by atomic mass is 10.1. The van der Waals surface area contributed by atoms with E-state index in [-0.39, 0.29) is 31.1 Å². The van der Waals surface area contributed by atoms with Crippen LogP contribution in [0.4, 0.5) is 0 Å². The molecule has 0 aliphatic carbocycles. The van der Waals surface area contributed by atoms with Gasteiger partial charge in [-0.2, -0.15) is 0 Å². The van der Waals surface area contributed by atoms with Crippen LogP contribution < -0.4 is 0 Å². The van der Waals surface area contributed by atoms with Gasteiger partial charge in [-0.25, -0.2) is 0 Å². The van der Waals surface area contributed by atoms with Gasteiger partial charge in [0.2, 0.25) is 0 Å². The van der Waals surface area contributed by atoms with Gasteiger partial charge in [-0.1, -0.05) is 19.9 Å². The zero-order valence-corrected chi connectivity index (χ0v) is 12.8. The monoisotopic (exact) mass is 297 g/mol. The number of aliphatic hydroxyl groups is 1. The molecule has 1 N–H and O–H groups in total. The van der Waals surface area contributed by atoms with Gasteiger partial charge in [0.1, 0.15) is 6.61 Å². The van der Waals surface area contributed by atoms with E-state index in [0.29, 0.717) is 11.3 Å². The number of nitro groups is 1. The standard InChI is InChI=1S/C13H17NO5.C2H6/c1-4-6-11(9(3)14(16)17)13-12(5-2)18-8-10(7-15)19-13;1-2/h4-5,10,15H,1,3,6-8H2,2H3;1-2H3/b12-5+,13-11+;.